The maximum Gasteiger partial charge on any atom is 0.245 e. The van der Waals surface area contributed by atoms with E-state index in [4.69, 9.17) is 11.6 Å². The maximum absolute atomic E-state index is 11.5. The third-order valence-corrected chi connectivity index (χ3v) is 2.10. The van der Waals surface area contributed by atoms with Crippen LogP contribution < -0.4 is 5.32 Å². The lowest BCUT2D eigenvalue weighted by Gasteiger charge is -2.04. The van der Waals surface area contributed by atoms with Gasteiger partial charge in [-0.15, -0.1) is 0 Å². The minimum absolute atomic E-state index is 0.159. The van der Waals surface area contributed by atoms with Crippen molar-refractivity contribution in [2.75, 3.05) is 5.32 Å². The summed E-state index contributed by atoms with van der Waals surface area (Å²) in [6.45, 7) is 0.213. The van der Waals surface area contributed by atoms with Gasteiger partial charge in [0.1, 0.15) is 12.4 Å². The van der Waals surface area contributed by atoms with Gasteiger partial charge in [0.25, 0.3) is 0 Å². The largest absolute Gasteiger partial charge is 0.328 e. The zero-order valence-corrected chi connectivity index (χ0v) is 9.05. The van der Waals surface area contributed by atoms with E-state index in [1.807, 2.05) is 0 Å². The summed E-state index contributed by atoms with van der Waals surface area (Å²) in [5.41, 5.74) is 0. The number of nitrogens with zero attached hydrogens (tertiary/aromatic N) is 3. The lowest BCUT2D eigenvalue weighted by Crippen LogP contribution is -2.18. The highest BCUT2D eigenvalue weighted by Crippen LogP contribution is 2.09. The summed E-state index contributed by atoms with van der Waals surface area (Å²) in [5.74, 6) is 0.322. The molecule has 5 nitrogen and oxygen atoms in total. The zero-order valence-electron chi connectivity index (χ0n) is 8.30. The van der Waals surface area contributed by atoms with E-state index in [1.54, 1.807) is 35.4 Å². The average molecular weight is 237 g/mol. The van der Waals surface area contributed by atoms with E-state index in [1.165, 1.54) is 6.20 Å². The SMILES string of the molecule is O=C(Cn1ccnc1)Nc1ccc(Cl)cn1. The molecule has 2 aromatic heterocycles. The molecule has 0 aromatic carbocycles. The van der Waals surface area contributed by atoms with Crippen LogP contribution in [0.25, 0.3) is 0 Å². The first kappa shape index (κ1) is 10.6. The summed E-state index contributed by atoms with van der Waals surface area (Å²) < 4.78 is 1.67. The molecule has 0 aliphatic rings. The van der Waals surface area contributed by atoms with Gasteiger partial charge >= 0.3 is 0 Å². The summed E-state index contributed by atoms with van der Waals surface area (Å²) in [5, 5.41) is 3.18. The smallest absolute Gasteiger partial charge is 0.245 e. The van der Waals surface area contributed by atoms with Crippen LogP contribution >= 0.6 is 11.6 Å². The molecule has 2 aromatic rings. The fraction of sp³-hybridized carbons (Fsp3) is 0.100. The summed E-state index contributed by atoms with van der Waals surface area (Å²) in [4.78, 5) is 19.3. The minimum atomic E-state index is -0.159. The molecular formula is C10H9ClN4O. The molecule has 1 N–H and O–H groups in total. The van der Waals surface area contributed by atoms with Gasteiger partial charge in [0, 0.05) is 18.6 Å². The Morgan fingerprint density at radius 2 is 2.38 bits per heavy atom. The van der Waals surface area contributed by atoms with E-state index in [2.05, 4.69) is 15.3 Å². The van der Waals surface area contributed by atoms with Crippen molar-refractivity contribution < 1.29 is 4.79 Å². The van der Waals surface area contributed by atoms with Crippen LogP contribution in [0.4, 0.5) is 5.82 Å². The van der Waals surface area contributed by atoms with Crippen LogP contribution in [0.2, 0.25) is 5.02 Å². The minimum Gasteiger partial charge on any atom is -0.328 e. The average Bonchev–Trinajstić information content (AvgIpc) is 2.74. The molecular weight excluding hydrogens is 228 g/mol. The van der Waals surface area contributed by atoms with Gasteiger partial charge in [-0.25, -0.2) is 9.97 Å². The van der Waals surface area contributed by atoms with E-state index in [0.29, 0.717) is 10.8 Å². The van der Waals surface area contributed by atoms with Gasteiger partial charge in [-0.1, -0.05) is 11.6 Å². The van der Waals surface area contributed by atoms with Crippen molar-refractivity contribution in [3.63, 3.8) is 0 Å². The van der Waals surface area contributed by atoms with Crippen LogP contribution in [0.1, 0.15) is 0 Å². The molecule has 0 saturated heterocycles. The molecule has 6 heteroatoms. The first-order valence-electron chi connectivity index (χ1n) is 4.61. The zero-order chi connectivity index (χ0) is 11.4. The molecule has 82 valence electrons. The molecule has 2 rings (SSSR count). The second-order valence-corrected chi connectivity index (χ2v) is 3.58. The van der Waals surface area contributed by atoms with Crippen molar-refractivity contribution in [2.45, 2.75) is 6.54 Å². The van der Waals surface area contributed by atoms with Gasteiger partial charge in [-0.2, -0.15) is 0 Å². The van der Waals surface area contributed by atoms with Crippen molar-refractivity contribution >= 4 is 23.3 Å². The van der Waals surface area contributed by atoms with E-state index in [9.17, 15) is 4.79 Å². The third kappa shape index (κ3) is 2.80. The summed E-state index contributed by atoms with van der Waals surface area (Å²) in [7, 11) is 0. The van der Waals surface area contributed by atoms with Crippen LogP contribution in [0.15, 0.2) is 37.1 Å². The highest BCUT2D eigenvalue weighted by Gasteiger charge is 2.03. The van der Waals surface area contributed by atoms with E-state index >= 15 is 0 Å². The first-order chi connectivity index (χ1) is 7.74. The molecule has 1 amide bonds. The van der Waals surface area contributed by atoms with Crippen LogP contribution in [0.3, 0.4) is 0 Å². The van der Waals surface area contributed by atoms with Crippen molar-refractivity contribution in [1.82, 2.24) is 14.5 Å². The molecule has 0 atom stereocenters. The fourth-order valence-corrected chi connectivity index (χ4v) is 1.29. The second-order valence-electron chi connectivity index (χ2n) is 3.14. The molecule has 0 saturated carbocycles. The Morgan fingerprint density at radius 3 is 3.00 bits per heavy atom. The predicted molar refractivity (Wildman–Crippen MR) is 60.1 cm³/mol. The quantitative estimate of drug-likeness (QED) is 0.880. The molecule has 16 heavy (non-hydrogen) atoms. The number of pyridine rings is 1. The monoisotopic (exact) mass is 236 g/mol. The van der Waals surface area contributed by atoms with Crippen LogP contribution in [-0.2, 0) is 11.3 Å². The third-order valence-electron chi connectivity index (χ3n) is 1.88. The normalized spacial score (nSPS) is 10.1. The Hall–Kier alpha value is -1.88. The first-order valence-corrected chi connectivity index (χ1v) is 4.99. The molecule has 0 aliphatic heterocycles. The topological polar surface area (TPSA) is 59.8 Å². The molecule has 0 bridgehead atoms. The number of imidazole rings is 1. The van der Waals surface area contributed by atoms with Crippen LogP contribution in [-0.4, -0.2) is 20.4 Å². The highest BCUT2D eigenvalue weighted by molar-refractivity contribution is 6.30. The van der Waals surface area contributed by atoms with Crippen molar-refractivity contribution in [3.05, 3.63) is 42.1 Å². The lowest BCUT2D eigenvalue weighted by atomic mass is 10.4. The van der Waals surface area contributed by atoms with Gasteiger partial charge in [-0.3, -0.25) is 4.79 Å². The second kappa shape index (κ2) is 4.76. The molecule has 0 unspecified atom stereocenters. The Morgan fingerprint density at radius 1 is 1.50 bits per heavy atom. The van der Waals surface area contributed by atoms with Crippen molar-refractivity contribution in [3.8, 4) is 0 Å². The lowest BCUT2D eigenvalue weighted by molar-refractivity contribution is -0.116. The summed E-state index contributed by atoms with van der Waals surface area (Å²) >= 11 is 5.68. The van der Waals surface area contributed by atoms with Gasteiger partial charge < -0.3 is 9.88 Å². The highest BCUT2D eigenvalue weighted by atomic mass is 35.5. The van der Waals surface area contributed by atoms with Crippen LogP contribution in [0, 0.1) is 0 Å². The number of nitrogens with one attached hydrogen (secondary N) is 1. The number of amides is 1. The summed E-state index contributed by atoms with van der Waals surface area (Å²) in [6.07, 6.45) is 6.39. The Balaban J connectivity index is 1.95. The number of hydrogen-bond acceptors (Lipinski definition) is 3. The van der Waals surface area contributed by atoms with Gasteiger partial charge in [0.05, 0.1) is 11.3 Å². The van der Waals surface area contributed by atoms with E-state index in [-0.39, 0.29) is 12.5 Å². The number of halogens is 1. The number of aromatic nitrogens is 3. The van der Waals surface area contributed by atoms with Crippen LogP contribution in [0.5, 0.6) is 0 Å². The van der Waals surface area contributed by atoms with E-state index in [0.717, 1.165) is 0 Å². The number of rotatable bonds is 3. The van der Waals surface area contributed by atoms with Crippen molar-refractivity contribution in [2.24, 2.45) is 0 Å². The number of anilines is 1. The number of hydrogen-bond donors (Lipinski definition) is 1. The molecule has 0 aliphatic carbocycles. The molecule has 0 fully saturated rings. The van der Waals surface area contributed by atoms with Gasteiger partial charge in [0.2, 0.25) is 5.91 Å². The molecule has 0 radical (unpaired) electrons. The van der Waals surface area contributed by atoms with Gasteiger partial charge in [-0.05, 0) is 12.1 Å². The molecule has 0 spiro atoms. The Bertz CT molecular complexity index is 466. The van der Waals surface area contributed by atoms with Gasteiger partial charge in [0.15, 0.2) is 0 Å². The number of carbonyl (C=O) groups excluding carboxylic acids is 1. The predicted octanol–water partition coefficient (Wildman–Crippen LogP) is 1.57. The Labute approximate surface area is 97.1 Å². The Kier molecular flexibility index (Phi) is 3.16. The van der Waals surface area contributed by atoms with Crippen molar-refractivity contribution in [1.29, 1.82) is 0 Å². The van der Waals surface area contributed by atoms with E-state index < -0.39 is 0 Å². The summed E-state index contributed by atoms with van der Waals surface area (Å²) in [6, 6.07) is 3.32. The maximum atomic E-state index is 11.5. The number of carbonyl (C=O) groups is 1. The molecule has 2 heterocycles. The standard InChI is InChI=1S/C10H9ClN4O/c11-8-1-2-9(13-5-8)14-10(16)6-15-4-3-12-7-15/h1-5,7H,6H2,(H,13,14,16). The fourth-order valence-electron chi connectivity index (χ4n) is 1.18.